The highest BCUT2D eigenvalue weighted by Gasteiger charge is 2.13. The molecule has 0 amide bonds. The molecule has 0 atom stereocenters. The Hall–Kier alpha value is -2.17. The molecule has 0 aliphatic rings. The first-order valence-corrected chi connectivity index (χ1v) is 6.90. The van der Waals surface area contributed by atoms with E-state index in [1.54, 1.807) is 6.07 Å². The zero-order chi connectivity index (χ0) is 15.1. The number of rotatable bonds is 2. The smallest absolute Gasteiger partial charge is 0.270 e. The summed E-state index contributed by atoms with van der Waals surface area (Å²) in [5.74, 6) is 0.242. The Morgan fingerprint density at radius 2 is 1.90 bits per heavy atom. The third kappa shape index (κ3) is 2.44. The van der Waals surface area contributed by atoms with Gasteiger partial charge in [0.15, 0.2) is 0 Å². The van der Waals surface area contributed by atoms with E-state index in [9.17, 15) is 5.11 Å². The highest BCUT2D eigenvalue weighted by atomic mass is 35.5. The van der Waals surface area contributed by atoms with Crippen LogP contribution < -0.4 is 11.1 Å². The van der Waals surface area contributed by atoms with Gasteiger partial charge in [0.2, 0.25) is 0 Å². The predicted molar refractivity (Wildman–Crippen MR) is 85.6 cm³/mol. The highest BCUT2D eigenvalue weighted by Crippen LogP contribution is 2.38. The van der Waals surface area contributed by atoms with Crippen LogP contribution in [0.1, 0.15) is 5.56 Å². The molecule has 2 aromatic carbocycles. The number of amidine groups is 1. The Morgan fingerprint density at radius 3 is 2.62 bits per heavy atom. The lowest BCUT2D eigenvalue weighted by atomic mass is 10.1. The monoisotopic (exact) mass is 320 g/mol. The molecule has 0 spiro atoms. The minimum absolute atomic E-state index is 0.0160. The Kier molecular flexibility index (Phi) is 3.27. The van der Waals surface area contributed by atoms with Crippen molar-refractivity contribution in [2.24, 2.45) is 5.73 Å². The molecule has 0 fully saturated rings. The van der Waals surface area contributed by atoms with Gasteiger partial charge < -0.3 is 10.1 Å². The van der Waals surface area contributed by atoms with Crippen LogP contribution in [0.25, 0.3) is 22.2 Å². The number of phenolic OH excluding ortho intramolecular Hbond substituents is 1. The molecule has 0 saturated heterocycles. The van der Waals surface area contributed by atoms with Gasteiger partial charge in [0, 0.05) is 21.5 Å². The van der Waals surface area contributed by atoms with Crippen LogP contribution in [0.15, 0.2) is 36.4 Å². The summed E-state index contributed by atoms with van der Waals surface area (Å²) in [6.45, 7) is 0. The van der Waals surface area contributed by atoms with Gasteiger partial charge in [-0.3, -0.25) is 11.1 Å². The third-order valence-corrected chi connectivity index (χ3v) is 3.78. The van der Waals surface area contributed by atoms with Gasteiger partial charge in [0.05, 0.1) is 16.3 Å². The largest absolute Gasteiger partial charge is 0.506 e. The van der Waals surface area contributed by atoms with Gasteiger partial charge in [-0.15, -0.1) is 0 Å². The predicted octanol–water partition coefficient (Wildman–Crippen LogP) is 2.31. The molecule has 0 bridgehead atoms. The first-order valence-electron chi connectivity index (χ1n) is 6.15. The molecule has 0 saturated carbocycles. The van der Waals surface area contributed by atoms with E-state index in [0.29, 0.717) is 16.3 Å². The Bertz CT molecular complexity index is 871. The zero-order valence-corrected chi connectivity index (χ0v) is 12.3. The van der Waals surface area contributed by atoms with Crippen molar-refractivity contribution in [3.8, 4) is 17.0 Å². The van der Waals surface area contributed by atoms with E-state index >= 15 is 0 Å². The van der Waals surface area contributed by atoms with E-state index in [2.05, 4.69) is 4.98 Å². The Morgan fingerprint density at radius 1 is 1.14 bits per heavy atom. The van der Waals surface area contributed by atoms with Gasteiger partial charge in [0.25, 0.3) is 5.84 Å². The van der Waals surface area contributed by atoms with Crippen LogP contribution in [0.5, 0.6) is 5.75 Å². The molecule has 106 valence electrons. The fraction of sp³-hybridized carbons (Fsp3) is 0. The fourth-order valence-electron chi connectivity index (χ4n) is 2.23. The van der Waals surface area contributed by atoms with Crippen LogP contribution in [0.4, 0.5) is 0 Å². The summed E-state index contributed by atoms with van der Waals surface area (Å²) in [5.41, 5.74) is 8.49. The Labute approximate surface area is 130 Å². The maximum atomic E-state index is 10.1. The summed E-state index contributed by atoms with van der Waals surface area (Å²) >= 11 is 11.9. The number of hydrogen-bond acceptors (Lipinski definition) is 1. The van der Waals surface area contributed by atoms with Gasteiger partial charge >= 0.3 is 0 Å². The second-order valence-corrected chi connectivity index (χ2v) is 5.57. The standard InChI is InChI=1S/C15H11Cl2N3O/c16-9-5-10(14(21)11(17)6-9)13-4-8-3-7(15(18)19)1-2-12(8)20-13/h1-6,20-21H,(H3,18,19)/p+1. The van der Waals surface area contributed by atoms with Crippen molar-refractivity contribution in [1.29, 1.82) is 0 Å². The van der Waals surface area contributed by atoms with Crippen LogP contribution >= 0.6 is 23.2 Å². The van der Waals surface area contributed by atoms with Gasteiger partial charge in [-0.1, -0.05) is 23.2 Å². The number of nitrogens with two attached hydrogens (primary N) is 2. The van der Waals surface area contributed by atoms with Crippen molar-refractivity contribution in [3.63, 3.8) is 0 Å². The summed E-state index contributed by atoms with van der Waals surface area (Å²) in [6.07, 6.45) is 0. The number of halogens is 2. The van der Waals surface area contributed by atoms with Crippen molar-refractivity contribution in [3.05, 3.63) is 52.0 Å². The molecule has 0 aliphatic carbocycles. The number of fused-ring (bicyclic) bond motifs is 1. The summed E-state index contributed by atoms with van der Waals surface area (Å²) < 4.78 is 0. The third-order valence-electron chi connectivity index (χ3n) is 3.27. The number of aromatic hydroxyl groups is 1. The molecule has 1 heterocycles. The first-order chi connectivity index (χ1) is 9.95. The van der Waals surface area contributed by atoms with E-state index in [0.717, 1.165) is 16.5 Å². The number of H-pyrrole nitrogens is 1. The van der Waals surface area contributed by atoms with E-state index in [1.807, 2.05) is 24.3 Å². The number of benzene rings is 2. The molecule has 3 rings (SSSR count). The molecule has 0 aliphatic heterocycles. The average molecular weight is 321 g/mol. The van der Waals surface area contributed by atoms with Crippen LogP contribution in [-0.4, -0.2) is 15.9 Å². The molecular formula is C15H12Cl2N3O+. The quantitative estimate of drug-likeness (QED) is 0.431. The van der Waals surface area contributed by atoms with Gasteiger partial charge in [-0.2, -0.15) is 0 Å². The summed E-state index contributed by atoms with van der Waals surface area (Å²) in [6, 6.07) is 10.6. The Balaban J connectivity index is 2.20. The van der Waals surface area contributed by atoms with E-state index in [1.165, 1.54) is 6.07 Å². The molecule has 1 aromatic heterocycles. The van der Waals surface area contributed by atoms with Crippen molar-refractivity contribution in [2.75, 3.05) is 0 Å². The highest BCUT2D eigenvalue weighted by molar-refractivity contribution is 6.36. The molecule has 0 radical (unpaired) electrons. The normalized spacial score (nSPS) is 11.0. The van der Waals surface area contributed by atoms with Crippen LogP contribution in [0, 0.1) is 0 Å². The molecule has 0 unspecified atom stereocenters. The van der Waals surface area contributed by atoms with Crippen molar-refractivity contribution >= 4 is 39.9 Å². The molecule has 6 N–H and O–H groups in total. The molecule has 6 heteroatoms. The molecule has 21 heavy (non-hydrogen) atoms. The maximum Gasteiger partial charge on any atom is 0.270 e. The van der Waals surface area contributed by atoms with Gasteiger partial charge in [-0.05, 0) is 36.4 Å². The first kappa shape index (κ1) is 13.8. The zero-order valence-electron chi connectivity index (χ0n) is 10.8. The summed E-state index contributed by atoms with van der Waals surface area (Å²) in [5, 5.41) is 17.3. The van der Waals surface area contributed by atoms with Crippen molar-refractivity contribution in [1.82, 2.24) is 4.98 Å². The SMILES string of the molecule is NC(=[NH2+])c1ccc2[nH]c(-c3cc(Cl)cc(Cl)c3O)cc2c1. The number of phenols is 1. The maximum absolute atomic E-state index is 10.1. The number of aromatic amines is 1. The van der Waals surface area contributed by atoms with Gasteiger partial charge in [0.1, 0.15) is 5.75 Å². The van der Waals surface area contributed by atoms with Crippen LogP contribution in [-0.2, 0) is 0 Å². The topological polar surface area (TPSA) is 87.6 Å². The second kappa shape index (κ2) is 4.98. The molecule has 4 nitrogen and oxygen atoms in total. The second-order valence-electron chi connectivity index (χ2n) is 4.72. The number of nitrogens with one attached hydrogen (secondary N) is 1. The lowest BCUT2D eigenvalue weighted by molar-refractivity contribution is -0.114. The van der Waals surface area contributed by atoms with Gasteiger partial charge in [-0.25, -0.2) is 0 Å². The van der Waals surface area contributed by atoms with Crippen LogP contribution in [0.3, 0.4) is 0 Å². The van der Waals surface area contributed by atoms with E-state index in [-0.39, 0.29) is 16.6 Å². The fourth-order valence-corrected chi connectivity index (χ4v) is 2.72. The lowest BCUT2D eigenvalue weighted by Gasteiger charge is -2.05. The van der Waals surface area contributed by atoms with E-state index in [4.69, 9.17) is 34.3 Å². The minimum atomic E-state index is -0.0160. The molecule has 3 aromatic rings. The number of aromatic nitrogens is 1. The van der Waals surface area contributed by atoms with Crippen molar-refractivity contribution < 1.29 is 10.5 Å². The number of hydrogen-bond donors (Lipinski definition) is 4. The average Bonchev–Trinajstić information content (AvgIpc) is 2.85. The summed E-state index contributed by atoms with van der Waals surface area (Å²) in [4.78, 5) is 3.21. The summed E-state index contributed by atoms with van der Waals surface area (Å²) in [7, 11) is 0. The van der Waals surface area contributed by atoms with Crippen molar-refractivity contribution in [2.45, 2.75) is 0 Å². The lowest BCUT2D eigenvalue weighted by Crippen LogP contribution is -2.46. The molecular weight excluding hydrogens is 309 g/mol. The minimum Gasteiger partial charge on any atom is -0.506 e. The van der Waals surface area contributed by atoms with E-state index < -0.39 is 0 Å². The van der Waals surface area contributed by atoms with Crippen LogP contribution in [0.2, 0.25) is 10.0 Å².